The molecule has 3 aliphatic rings. The first kappa shape index (κ1) is 24.3. The van der Waals surface area contributed by atoms with E-state index in [-0.39, 0.29) is 16.1 Å². The van der Waals surface area contributed by atoms with Gasteiger partial charge in [-0.3, -0.25) is 15.0 Å². The Labute approximate surface area is 196 Å². The quantitative estimate of drug-likeness (QED) is 0.465. The molecule has 184 valence electrons. The molecule has 2 heterocycles. The van der Waals surface area contributed by atoms with Crippen molar-refractivity contribution in [2.24, 2.45) is 0 Å². The van der Waals surface area contributed by atoms with Crippen LogP contribution in [0.3, 0.4) is 0 Å². The second-order valence-electron chi connectivity index (χ2n) is 9.38. The van der Waals surface area contributed by atoms with Gasteiger partial charge in [0.25, 0.3) is 5.69 Å². The number of anilines is 1. The predicted octanol–water partition coefficient (Wildman–Crippen LogP) is 1.98. The Morgan fingerprint density at radius 3 is 2.36 bits per heavy atom. The van der Waals surface area contributed by atoms with E-state index < -0.39 is 14.9 Å². The molecule has 11 heteroatoms. The first-order chi connectivity index (χ1) is 15.8. The summed E-state index contributed by atoms with van der Waals surface area (Å²) in [6.07, 6.45) is 5.59. The number of benzene rings is 1. The van der Waals surface area contributed by atoms with Gasteiger partial charge in [0.2, 0.25) is 10.0 Å². The molecule has 2 aliphatic heterocycles. The molecule has 10 nitrogen and oxygen atoms in total. The highest BCUT2D eigenvalue weighted by atomic mass is 32.2. The molecule has 0 unspecified atom stereocenters. The minimum absolute atomic E-state index is 0.0233. The molecule has 33 heavy (non-hydrogen) atoms. The zero-order valence-corrected chi connectivity index (χ0v) is 20.2. The summed E-state index contributed by atoms with van der Waals surface area (Å²) < 4.78 is 33.1. The summed E-state index contributed by atoms with van der Waals surface area (Å²) >= 11 is 0. The van der Waals surface area contributed by atoms with E-state index in [1.165, 1.54) is 22.9 Å². The third kappa shape index (κ3) is 5.32. The number of hydrogen-bond donors (Lipinski definition) is 1. The average Bonchev–Trinajstić information content (AvgIpc) is 2.84. The first-order valence-electron chi connectivity index (χ1n) is 11.9. The van der Waals surface area contributed by atoms with Gasteiger partial charge in [-0.1, -0.05) is 19.3 Å². The van der Waals surface area contributed by atoms with Gasteiger partial charge < -0.3 is 15.0 Å². The zero-order chi connectivity index (χ0) is 23.5. The number of piperazine rings is 1. The van der Waals surface area contributed by atoms with Crippen LogP contribution in [0, 0.1) is 10.1 Å². The summed E-state index contributed by atoms with van der Waals surface area (Å²) in [6.45, 7) is 5.80. The van der Waals surface area contributed by atoms with Crippen LogP contribution in [-0.2, 0) is 14.8 Å². The second kappa shape index (κ2) is 10.2. The van der Waals surface area contributed by atoms with Crippen LogP contribution in [0.4, 0.5) is 11.4 Å². The third-order valence-electron chi connectivity index (χ3n) is 7.34. The highest BCUT2D eigenvalue weighted by Gasteiger charge is 2.39. The summed E-state index contributed by atoms with van der Waals surface area (Å²) in [5.41, 5.74) is 0.120. The van der Waals surface area contributed by atoms with Gasteiger partial charge in [-0.15, -0.1) is 0 Å². The molecular weight excluding hydrogens is 446 g/mol. The lowest BCUT2D eigenvalue weighted by molar-refractivity contribution is -0.384. The molecule has 0 spiro atoms. The van der Waals surface area contributed by atoms with E-state index in [0.717, 1.165) is 38.8 Å². The summed E-state index contributed by atoms with van der Waals surface area (Å²) in [7, 11) is -1.82. The van der Waals surface area contributed by atoms with Crippen molar-refractivity contribution in [3.8, 4) is 0 Å². The molecule has 0 amide bonds. The molecule has 1 N–H and O–H groups in total. The Hall–Kier alpha value is -1.79. The molecule has 1 aliphatic carbocycles. The number of hydrogen-bond acceptors (Lipinski definition) is 8. The summed E-state index contributed by atoms with van der Waals surface area (Å²) in [5.74, 6) is 0. The number of morpholine rings is 1. The topological polar surface area (TPSA) is 108 Å². The molecular formula is C22H35N5O5S. The van der Waals surface area contributed by atoms with E-state index >= 15 is 0 Å². The minimum Gasteiger partial charge on any atom is -0.379 e. The smallest absolute Gasteiger partial charge is 0.293 e. The number of ether oxygens (including phenoxy) is 1. The number of nitro benzene ring substituents is 1. The van der Waals surface area contributed by atoms with E-state index in [4.69, 9.17) is 4.74 Å². The highest BCUT2D eigenvalue weighted by molar-refractivity contribution is 7.89. The van der Waals surface area contributed by atoms with Crippen molar-refractivity contribution in [3.63, 3.8) is 0 Å². The molecule has 0 atom stereocenters. The van der Waals surface area contributed by atoms with Gasteiger partial charge in [-0.25, -0.2) is 8.42 Å². The SMILES string of the molecule is CN1CCN(S(=O)(=O)c2ccc(NCC3(N4CCOCC4)CCCCC3)c([N+](=O)[O-])c2)CC1. The van der Waals surface area contributed by atoms with Gasteiger partial charge in [0.05, 0.1) is 23.0 Å². The van der Waals surface area contributed by atoms with Crippen LogP contribution in [0.5, 0.6) is 0 Å². The second-order valence-corrected chi connectivity index (χ2v) is 11.3. The summed E-state index contributed by atoms with van der Waals surface area (Å²) in [4.78, 5) is 15.9. The average molecular weight is 482 g/mol. The van der Waals surface area contributed by atoms with Crippen LogP contribution in [-0.4, -0.2) is 99.1 Å². The Balaban J connectivity index is 1.54. The van der Waals surface area contributed by atoms with Gasteiger partial charge in [0.1, 0.15) is 5.69 Å². The van der Waals surface area contributed by atoms with Gasteiger partial charge >= 0.3 is 0 Å². The summed E-state index contributed by atoms with van der Waals surface area (Å²) in [5, 5.41) is 15.2. The molecule has 4 rings (SSSR count). The molecule has 0 aromatic heterocycles. The lowest BCUT2D eigenvalue weighted by Crippen LogP contribution is -2.58. The normalized spacial score (nSPS) is 23.3. The van der Waals surface area contributed by atoms with Crippen LogP contribution < -0.4 is 5.32 Å². The van der Waals surface area contributed by atoms with Crippen LogP contribution in [0.1, 0.15) is 32.1 Å². The van der Waals surface area contributed by atoms with Crippen molar-refractivity contribution in [2.75, 3.05) is 71.4 Å². The van der Waals surface area contributed by atoms with E-state index in [1.54, 1.807) is 6.07 Å². The molecule has 1 aromatic carbocycles. The Morgan fingerprint density at radius 2 is 1.73 bits per heavy atom. The van der Waals surface area contributed by atoms with Crippen LogP contribution in [0.15, 0.2) is 23.1 Å². The third-order valence-corrected chi connectivity index (χ3v) is 9.23. The first-order valence-corrected chi connectivity index (χ1v) is 13.3. The van der Waals surface area contributed by atoms with Gasteiger partial charge in [0.15, 0.2) is 0 Å². The van der Waals surface area contributed by atoms with Gasteiger partial charge in [-0.05, 0) is 32.0 Å². The highest BCUT2D eigenvalue weighted by Crippen LogP contribution is 2.36. The Morgan fingerprint density at radius 1 is 1.06 bits per heavy atom. The predicted molar refractivity (Wildman–Crippen MR) is 126 cm³/mol. The van der Waals surface area contributed by atoms with Crippen molar-refractivity contribution < 1.29 is 18.1 Å². The molecule has 1 saturated carbocycles. The van der Waals surface area contributed by atoms with Crippen molar-refractivity contribution in [1.29, 1.82) is 0 Å². The van der Waals surface area contributed by atoms with Crippen LogP contribution in [0.2, 0.25) is 0 Å². The number of rotatable bonds is 7. The Kier molecular flexibility index (Phi) is 7.54. The van der Waals surface area contributed by atoms with Crippen molar-refractivity contribution in [3.05, 3.63) is 28.3 Å². The maximum absolute atomic E-state index is 13.1. The van der Waals surface area contributed by atoms with Crippen LogP contribution >= 0.6 is 0 Å². The fourth-order valence-electron chi connectivity index (χ4n) is 5.26. The minimum atomic E-state index is -3.77. The number of nitrogens with one attached hydrogen (secondary N) is 1. The fraction of sp³-hybridized carbons (Fsp3) is 0.727. The lowest BCUT2D eigenvalue weighted by atomic mass is 9.79. The lowest BCUT2D eigenvalue weighted by Gasteiger charge is -2.48. The molecule has 1 aromatic rings. The van der Waals surface area contributed by atoms with Crippen LogP contribution in [0.25, 0.3) is 0 Å². The Bertz CT molecular complexity index is 936. The van der Waals surface area contributed by atoms with Crippen molar-refractivity contribution in [2.45, 2.75) is 42.5 Å². The van der Waals surface area contributed by atoms with Crippen molar-refractivity contribution in [1.82, 2.24) is 14.1 Å². The van der Waals surface area contributed by atoms with Crippen molar-refractivity contribution >= 4 is 21.4 Å². The van der Waals surface area contributed by atoms with E-state index in [9.17, 15) is 18.5 Å². The largest absolute Gasteiger partial charge is 0.379 e. The fourth-order valence-corrected chi connectivity index (χ4v) is 6.70. The van der Waals surface area contributed by atoms with E-state index in [2.05, 4.69) is 15.1 Å². The van der Waals surface area contributed by atoms with Gasteiger partial charge in [-0.2, -0.15) is 4.31 Å². The number of likely N-dealkylation sites (N-methyl/N-ethyl adjacent to an activating group) is 1. The maximum atomic E-state index is 13.1. The molecule has 2 saturated heterocycles. The van der Waals surface area contributed by atoms with E-state index in [1.807, 2.05) is 7.05 Å². The number of nitrogens with zero attached hydrogens (tertiary/aromatic N) is 4. The number of sulfonamides is 1. The van der Waals surface area contributed by atoms with Gasteiger partial charge in [0, 0.05) is 57.4 Å². The maximum Gasteiger partial charge on any atom is 0.293 e. The van der Waals surface area contributed by atoms with E-state index in [0.29, 0.717) is 51.6 Å². The molecule has 3 fully saturated rings. The molecule has 0 bridgehead atoms. The molecule has 0 radical (unpaired) electrons. The number of nitro groups is 1. The standard InChI is InChI=1S/C22H35N5O5S/c1-24-9-11-26(12-10-24)33(30,31)19-5-6-20(21(17-19)27(28)29)23-18-22(7-3-2-4-8-22)25-13-15-32-16-14-25/h5-6,17,23H,2-4,7-16,18H2,1H3. The monoisotopic (exact) mass is 481 g/mol. The summed E-state index contributed by atoms with van der Waals surface area (Å²) in [6, 6.07) is 4.25. The zero-order valence-electron chi connectivity index (χ0n) is 19.4.